The Morgan fingerprint density at radius 1 is 0.867 bits per heavy atom. The van der Waals surface area contributed by atoms with Gasteiger partial charge in [-0.3, -0.25) is 4.90 Å². The third kappa shape index (κ3) is 8.18. The highest BCUT2D eigenvalue weighted by Crippen LogP contribution is 2.21. The standard InChI is InChI=1S/C28H37NSi/c1-7-8-19-28(20-21-30(4,5)6)29(22-24(2)26-15-11-9-12-16-26)23-25(3)27-17-13-10-14-18-27/h9-18,28H,2-3,7-8,19,22-23H2,1,4-6H3/t28-/m1/s1. The first kappa shape index (κ1) is 23.9. The van der Waals surface area contributed by atoms with Crippen molar-refractivity contribution in [2.75, 3.05) is 13.1 Å². The first-order chi connectivity index (χ1) is 14.3. The highest BCUT2D eigenvalue weighted by atomic mass is 28.3. The smallest absolute Gasteiger partial charge is 0.129 e. The monoisotopic (exact) mass is 415 g/mol. The summed E-state index contributed by atoms with van der Waals surface area (Å²) in [4.78, 5) is 2.48. The second-order valence-electron chi connectivity index (χ2n) is 9.02. The molecule has 2 aromatic rings. The van der Waals surface area contributed by atoms with Crippen LogP contribution in [0.5, 0.6) is 0 Å². The molecule has 0 bridgehead atoms. The normalized spacial score (nSPS) is 12.2. The molecule has 0 spiro atoms. The summed E-state index contributed by atoms with van der Waals surface area (Å²) in [6.07, 6.45) is 3.44. The largest absolute Gasteiger partial charge is 0.281 e. The molecule has 0 fully saturated rings. The molecule has 0 heterocycles. The van der Waals surface area contributed by atoms with Crippen LogP contribution in [-0.2, 0) is 0 Å². The summed E-state index contributed by atoms with van der Waals surface area (Å²) in [7, 11) is -1.45. The van der Waals surface area contributed by atoms with E-state index in [9.17, 15) is 0 Å². The predicted octanol–water partition coefficient (Wildman–Crippen LogP) is 7.15. The van der Waals surface area contributed by atoms with Gasteiger partial charge in [0.25, 0.3) is 0 Å². The molecule has 0 saturated carbocycles. The number of nitrogens with zero attached hydrogens (tertiary/aromatic N) is 1. The lowest BCUT2D eigenvalue weighted by molar-refractivity contribution is 0.281. The number of hydrogen-bond acceptors (Lipinski definition) is 1. The number of rotatable bonds is 10. The Kier molecular flexibility index (Phi) is 9.37. The molecule has 30 heavy (non-hydrogen) atoms. The molecule has 0 N–H and O–H groups in total. The van der Waals surface area contributed by atoms with Crippen LogP contribution in [0.3, 0.4) is 0 Å². The molecule has 0 unspecified atom stereocenters. The first-order valence-corrected chi connectivity index (χ1v) is 14.5. The topological polar surface area (TPSA) is 3.24 Å². The van der Waals surface area contributed by atoms with Crippen molar-refractivity contribution in [3.63, 3.8) is 0 Å². The van der Waals surface area contributed by atoms with E-state index < -0.39 is 8.07 Å². The molecule has 1 atom stereocenters. The molecule has 0 amide bonds. The Labute approximate surface area is 185 Å². The van der Waals surface area contributed by atoms with Gasteiger partial charge in [-0.1, -0.05) is 119 Å². The van der Waals surface area contributed by atoms with Crippen LogP contribution in [0.1, 0.15) is 37.3 Å². The van der Waals surface area contributed by atoms with Crippen LogP contribution in [0.2, 0.25) is 19.6 Å². The van der Waals surface area contributed by atoms with Crippen molar-refractivity contribution in [3.8, 4) is 11.5 Å². The van der Waals surface area contributed by atoms with Crippen molar-refractivity contribution in [2.45, 2.75) is 51.9 Å². The summed E-state index contributed by atoms with van der Waals surface area (Å²) in [5, 5.41) is 0. The van der Waals surface area contributed by atoms with E-state index in [-0.39, 0.29) is 6.04 Å². The van der Waals surface area contributed by atoms with Crippen molar-refractivity contribution in [2.24, 2.45) is 0 Å². The molecule has 2 heteroatoms. The molecule has 0 aromatic heterocycles. The van der Waals surface area contributed by atoms with Gasteiger partial charge in [0.2, 0.25) is 0 Å². The summed E-state index contributed by atoms with van der Waals surface area (Å²) in [6.45, 7) is 19.6. The fraction of sp³-hybridized carbons (Fsp3) is 0.357. The molecular formula is C28H37NSi. The van der Waals surface area contributed by atoms with E-state index in [4.69, 9.17) is 0 Å². The average Bonchev–Trinajstić information content (AvgIpc) is 2.74. The minimum atomic E-state index is -1.45. The van der Waals surface area contributed by atoms with Crippen molar-refractivity contribution in [3.05, 3.63) is 84.9 Å². The van der Waals surface area contributed by atoms with Crippen molar-refractivity contribution in [1.82, 2.24) is 4.90 Å². The Morgan fingerprint density at radius 2 is 1.33 bits per heavy atom. The zero-order valence-corrected chi connectivity index (χ0v) is 20.2. The first-order valence-electron chi connectivity index (χ1n) is 11.0. The minimum Gasteiger partial charge on any atom is -0.281 e. The van der Waals surface area contributed by atoms with E-state index >= 15 is 0 Å². The van der Waals surface area contributed by atoms with E-state index in [1.165, 1.54) is 24.0 Å². The van der Waals surface area contributed by atoms with Crippen LogP contribution < -0.4 is 0 Å². The Morgan fingerprint density at radius 3 is 1.73 bits per heavy atom. The zero-order chi connectivity index (χ0) is 22.0. The summed E-state index contributed by atoms with van der Waals surface area (Å²) >= 11 is 0. The van der Waals surface area contributed by atoms with E-state index in [0.717, 1.165) is 30.7 Å². The molecule has 0 saturated heterocycles. The summed E-state index contributed by atoms with van der Waals surface area (Å²) in [5.41, 5.74) is 8.28. The zero-order valence-electron chi connectivity index (χ0n) is 19.2. The van der Waals surface area contributed by atoms with Gasteiger partial charge in [0.15, 0.2) is 0 Å². The van der Waals surface area contributed by atoms with Crippen LogP contribution in [0.25, 0.3) is 11.1 Å². The van der Waals surface area contributed by atoms with Crippen LogP contribution in [-0.4, -0.2) is 32.1 Å². The third-order valence-electron chi connectivity index (χ3n) is 5.04. The number of unbranched alkanes of at least 4 members (excludes halogenated alkanes) is 1. The summed E-state index contributed by atoms with van der Waals surface area (Å²) < 4.78 is 0. The van der Waals surface area contributed by atoms with Crippen LogP contribution >= 0.6 is 0 Å². The lowest BCUT2D eigenvalue weighted by atomic mass is 10.0. The van der Waals surface area contributed by atoms with Crippen molar-refractivity contribution in [1.29, 1.82) is 0 Å². The van der Waals surface area contributed by atoms with Gasteiger partial charge in [0, 0.05) is 13.1 Å². The highest BCUT2D eigenvalue weighted by molar-refractivity contribution is 6.83. The molecule has 0 aliphatic rings. The predicted molar refractivity (Wildman–Crippen MR) is 137 cm³/mol. The molecule has 2 aromatic carbocycles. The lowest BCUT2D eigenvalue weighted by Crippen LogP contribution is -2.37. The number of benzene rings is 2. The fourth-order valence-corrected chi connectivity index (χ4v) is 3.94. The van der Waals surface area contributed by atoms with E-state index in [2.05, 4.69) is 117 Å². The molecule has 0 radical (unpaired) electrons. The fourth-order valence-electron chi connectivity index (χ4n) is 3.34. The van der Waals surface area contributed by atoms with Crippen molar-refractivity contribution < 1.29 is 0 Å². The van der Waals surface area contributed by atoms with Gasteiger partial charge in [0.1, 0.15) is 8.07 Å². The van der Waals surface area contributed by atoms with E-state index in [0.29, 0.717) is 0 Å². The van der Waals surface area contributed by atoms with Gasteiger partial charge < -0.3 is 0 Å². The maximum atomic E-state index is 4.41. The Balaban J connectivity index is 2.31. The molecule has 158 valence electrons. The quantitative estimate of drug-likeness (QED) is 0.294. The van der Waals surface area contributed by atoms with Gasteiger partial charge in [-0.25, -0.2) is 0 Å². The van der Waals surface area contributed by atoms with Gasteiger partial charge >= 0.3 is 0 Å². The second-order valence-corrected chi connectivity index (χ2v) is 13.8. The number of hydrogen-bond donors (Lipinski definition) is 0. The highest BCUT2D eigenvalue weighted by Gasteiger charge is 2.20. The Bertz CT molecular complexity index is 812. The van der Waals surface area contributed by atoms with Gasteiger partial charge in [-0.05, 0) is 28.7 Å². The molecular weight excluding hydrogens is 378 g/mol. The maximum absolute atomic E-state index is 4.41. The summed E-state index contributed by atoms with van der Waals surface area (Å²) in [5.74, 6) is 3.66. The molecule has 1 nitrogen and oxygen atoms in total. The maximum Gasteiger partial charge on any atom is 0.129 e. The molecule has 2 rings (SSSR count). The SMILES string of the molecule is C=C(CN(CC(=C)c1ccccc1)[C@@H](C#C[Si](C)(C)C)CCCC)c1ccccc1. The summed E-state index contributed by atoms with van der Waals surface area (Å²) in [6, 6.07) is 21.2. The lowest BCUT2D eigenvalue weighted by Gasteiger charge is -2.30. The van der Waals surface area contributed by atoms with E-state index in [1.54, 1.807) is 0 Å². The Hall–Kier alpha value is -2.34. The van der Waals surface area contributed by atoms with Gasteiger partial charge in [-0.2, -0.15) is 0 Å². The van der Waals surface area contributed by atoms with Crippen LogP contribution in [0, 0.1) is 11.5 Å². The van der Waals surface area contributed by atoms with E-state index in [1.807, 2.05) is 0 Å². The average molecular weight is 416 g/mol. The van der Waals surface area contributed by atoms with Crippen molar-refractivity contribution >= 4 is 19.2 Å². The van der Waals surface area contributed by atoms with Crippen LogP contribution in [0.15, 0.2) is 73.8 Å². The molecule has 0 aliphatic heterocycles. The van der Waals surface area contributed by atoms with Gasteiger partial charge in [0.05, 0.1) is 6.04 Å². The second kappa shape index (κ2) is 11.7. The third-order valence-corrected chi connectivity index (χ3v) is 5.93. The van der Waals surface area contributed by atoms with Gasteiger partial charge in [-0.15, -0.1) is 5.54 Å². The van der Waals surface area contributed by atoms with Crippen LogP contribution in [0.4, 0.5) is 0 Å². The minimum absolute atomic E-state index is 0.220. The molecule has 0 aliphatic carbocycles.